The molecule has 1 aliphatic rings. The Morgan fingerprint density at radius 2 is 1.85 bits per heavy atom. The third-order valence-corrected chi connectivity index (χ3v) is 3.70. The van der Waals surface area contributed by atoms with Crippen LogP contribution in [0.3, 0.4) is 0 Å². The van der Waals surface area contributed by atoms with Gasteiger partial charge in [0.05, 0.1) is 12.0 Å². The van der Waals surface area contributed by atoms with Crippen molar-refractivity contribution in [1.29, 1.82) is 0 Å². The summed E-state index contributed by atoms with van der Waals surface area (Å²) in [4.78, 5) is 11.7. The highest BCUT2D eigenvalue weighted by molar-refractivity contribution is 5.78. The van der Waals surface area contributed by atoms with E-state index in [9.17, 15) is 18.0 Å². The quantitative estimate of drug-likeness (QED) is 0.871. The van der Waals surface area contributed by atoms with Crippen LogP contribution in [0.25, 0.3) is 0 Å². The molecule has 0 aliphatic heterocycles. The molecule has 0 atom stereocenters. The molecule has 20 heavy (non-hydrogen) atoms. The van der Waals surface area contributed by atoms with Crippen LogP contribution in [-0.4, -0.2) is 19.0 Å². The maximum absolute atomic E-state index is 12.4. The number of nitrogens with one attached hydrogen (secondary N) is 1. The van der Waals surface area contributed by atoms with Crippen molar-refractivity contribution >= 4 is 5.91 Å². The first-order chi connectivity index (χ1) is 9.35. The van der Waals surface area contributed by atoms with Gasteiger partial charge in [0.15, 0.2) is 0 Å². The largest absolute Gasteiger partial charge is 0.416 e. The number of amides is 1. The monoisotopic (exact) mass is 286 g/mol. The molecular formula is C14H17F3N2O. The van der Waals surface area contributed by atoms with E-state index in [0.29, 0.717) is 18.7 Å². The van der Waals surface area contributed by atoms with Crippen LogP contribution in [0.4, 0.5) is 13.2 Å². The average molecular weight is 286 g/mol. The topological polar surface area (TPSA) is 55.1 Å². The second-order valence-electron chi connectivity index (χ2n) is 5.35. The molecule has 6 heteroatoms. The Morgan fingerprint density at radius 3 is 2.30 bits per heavy atom. The van der Waals surface area contributed by atoms with Gasteiger partial charge < -0.3 is 11.1 Å². The fourth-order valence-electron chi connectivity index (χ4n) is 1.98. The predicted molar refractivity (Wildman–Crippen MR) is 68.9 cm³/mol. The number of benzene rings is 1. The van der Waals surface area contributed by atoms with Gasteiger partial charge in [0, 0.05) is 6.54 Å². The molecule has 1 fully saturated rings. The smallest absolute Gasteiger partial charge is 0.355 e. The summed E-state index contributed by atoms with van der Waals surface area (Å²) in [7, 11) is 0. The standard InChI is InChI=1S/C14H17F3N2O/c15-14(16,17)11-3-1-10(2-4-11)7-12(20)19-9-13(8-18)5-6-13/h1-4H,5-9,18H2,(H,19,20). The van der Waals surface area contributed by atoms with Crippen molar-refractivity contribution in [3.63, 3.8) is 0 Å². The Hall–Kier alpha value is -1.56. The maximum atomic E-state index is 12.4. The van der Waals surface area contributed by atoms with Gasteiger partial charge in [-0.05, 0) is 42.5 Å². The van der Waals surface area contributed by atoms with Crippen molar-refractivity contribution in [3.05, 3.63) is 35.4 Å². The van der Waals surface area contributed by atoms with E-state index in [-0.39, 0.29) is 17.7 Å². The Morgan fingerprint density at radius 1 is 1.25 bits per heavy atom. The highest BCUT2D eigenvalue weighted by Gasteiger charge is 2.41. The van der Waals surface area contributed by atoms with Crippen molar-refractivity contribution in [2.75, 3.05) is 13.1 Å². The molecule has 110 valence electrons. The van der Waals surface area contributed by atoms with Gasteiger partial charge in [-0.2, -0.15) is 13.2 Å². The zero-order chi connectivity index (χ0) is 14.8. The fraction of sp³-hybridized carbons (Fsp3) is 0.500. The minimum absolute atomic E-state index is 0.0514. The van der Waals surface area contributed by atoms with Gasteiger partial charge in [-0.25, -0.2) is 0 Å². The lowest BCUT2D eigenvalue weighted by Crippen LogP contribution is -2.34. The number of hydrogen-bond donors (Lipinski definition) is 2. The second kappa shape index (κ2) is 5.44. The molecule has 1 saturated carbocycles. The molecule has 1 aromatic rings. The lowest BCUT2D eigenvalue weighted by molar-refractivity contribution is -0.137. The third kappa shape index (κ3) is 3.72. The number of nitrogens with two attached hydrogens (primary N) is 1. The van der Waals surface area contributed by atoms with Crippen LogP contribution in [0.2, 0.25) is 0 Å². The van der Waals surface area contributed by atoms with E-state index in [2.05, 4.69) is 5.32 Å². The second-order valence-corrected chi connectivity index (χ2v) is 5.35. The van der Waals surface area contributed by atoms with Crippen molar-refractivity contribution in [1.82, 2.24) is 5.32 Å². The van der Waals surface area contributed by atoms with Gasteiger partial charge in [0.25, 0.3) is 0 Å². The molecule has 3 nitrogen and oxygen atoms in total. The van der Waals surface area contributed by atoms with Gasteiger partial charge in [0.2, 0.25) is 5.91 Å². The summed E-state index contributed by atoms with van der Waals surface area (Å²) in [5, 5.41) is 2.79. The molecule has 2 rings (SSSR count). The Balaban J connectivity index is 1.85. The number of carbonyl (C=O) groups is 1. The maximum Gasteiger partial charge on any atom is 0.416 e. The lowest BCUT2D eigenvalue weighted by Gasteiger charge is -2.13. The van der Waals surface area contributed by atoms with Gasteiger partial charge in [-0.1, -0.05) is 12.1 Å². The van der Waals surface area contributed by atoms with Crippen molar-refractivity contribution in [3.8, 4) is 0 Å². The van der Waals surface area contributed by atoms with E-state index >= 15 is 0 Å². The number of rotatable bonds is 5. The summed E-state index contributed by atoms with van der Waals surface area (Å²) in [6.45, 7) is 1.09. The molecule has 0 saturated heterocycles. The van der Waals surface area contributed by atoms with Crippen LogP contribution in [0.1, 0.15) is 24.0 Å². The first-order valence-electron chi connectivity index (χ1n) is 6.48. The summed E-state index contributed by atoms with van der Waals surface area (Å²) in [5.74, 6) is -0.190. The molecule has 1 aromatic carbocycles. The first-order valence-corrected chi connectivity index (χ1v) is 6.48. The van der Waals surface area contributed by atoms with E-state index in [4.69, 9.17) is 5.73 Å². The van der Waals surface area contributed by atoms with Crippen molar-refractivity contribution in [2.45, 2.75) is 25.4 Å². The van der Waals surface area contributed by atoms with E-state index in [0.717, 1.165) is 25.0 Å². The Bertz CT molecular complexity index is 478. The molecule has 0 bridgehead atoms. The molecule has 0 heterocycles. The van der Waals surface area contributed by atoms with Gasteiger partial charge in [0.1, 0.15) is 0 Å². The average Bonchev–Trinajstić information content (AvgIpc) is 3.17. The Labute approximate surface area is 115 Å². The number of hydrogen-bond acceptors (Lipinski definition) is 2. The molecule has 0 spiro atoms. The minimum atomic E-state index is -4.35. The van der Waals surface area contributed by atoms with E-state index in [1.807, 2.05) is 0 Å². The van der Waals surface area contributed by atoms with Crippen LogP contribution in [-0.2, 0) is 17.4 Å². The van der Waals surface area contributed by atoms with Crippen LogP contribution in [0.15, 0.2) is 24.3 Å². The first kappa shape index (κ1) is 14.8. The molecule has 3 N–H and O–H groups in total. The van der Waals surface area contributed by atoms with Gasteiger partial charge in [-0.15, -0.1) is 0 Å². The summed E-state index contributed by atoms with van der Waals surface area (Å²) < 4.78 is 37.2. The zero-order valence-corrected chi connectivity index (χ0v) is 11.0. The lowest BCUT2D eigenvalue weighted by atomic mass is 10.1. The third-order valence-electron chi connectivity index (χ3n) is 3.70. The number of halogens is 3. The van der Waals surface area contributed by atoms with E-state index in [1.54, 1.807) is 0 Å². The molecule has 0 unspecified atom stereocenters. The van der Waals surface area contributed by atoms with Crippen LogP contribution in [0, 0.1) is 5.41 Å². The number of carbonyl (C=O) groups excluding carboxylic acids is 1. The summed E-state index contributed by atoms with van der Waals surface area (Å²) in [6, 6.07) is 4.65. The molecule has 1 amide bonds. The minimum Gasteiger partial charge on any atom is -0.355 e. The van der Waals surface area contributed by atoms with Crippen LogP contribution >= 0.6 is 0 Å². The van der Waals surface area contributed by atoms with Gasteiger partial charge in [-0.3, -0.25) is 4.79 Å². The van der Waals surface area contributed by atoms with Gasteiger partial charge >= 0.3 is 6.18 Å². The van der Waals surface area contributed by atoms with Crippen molar-refractivity contribution < 1.29 is 18.0 Å². The normalized spacial score (nSPS) is 16.8. The van der Waals surface area contributed by atoms with E-state index < -0.39 is 11.7 Å². The number of alkyl halides is 3. The highest BCUT2D eigenvalue weighted by atomic mass is 19.4. The van der Waals surface area contributed by atoms with Crippen LogP contribution in [0.5, 0.6) is 0 Å². The predicted octanol–water partition coefficient (Wildman–Crippen LogP) is 2.10. The molecule has 1 aliphatic carbocycles. The fourth-order valence-corrected chi connectivity index (χ4v) is 1.98. The van der Waals surface area contributed by atoms with Crippen LogP contribution < -0.4 is 11.1 Å². The molecular weight excluding hydrogens is 269 g/mol. The Kier molecular flexibility index (Phi) is 4.04. The SMILES string of the molecule is NCC1(CNC(=O)Cc2ccc(C(F)(F)F)cc2)CC1. The highest BCUT2D eigenvalue weighted by Crippen LogP contribution is 2.43. The molecule has 0 radical (unpaired) electrons. The van der Waals surface area contributed by atoms with E-state index in [1.165, 1.54) is 12.1 Å². The molecule has 0 aromatic heterocycles. The summed E-state index contributed by atoms with van der Waals surface area (Å²) >= 11 is 0. The summed E-state index contributed by atoms with van der Waals surface area (Å²) in [5.41, 5.74) is 5.51. The zero-order valence-electron chi connectivity index (χ0n) is 11.0. The summed E-state index contributed by atoms with van der Waals surface area (Å²) in [6.07, 6.45) is -2.23. The van der Waals surface area contributed by atoms with Crippen molar-refractivity contribution in [2.24, 2.45) is 11.1 Å².